The highest BCUT2D eigenvalue weighted by molar-refractivity contribution is 9.10. The molecule has 1 saturated heterocycles. The second-order valence-corrected chi connectivity index (χ2v) is 13.2. The number of rotatable bonds is 4. The van der Waals surface area contributed by atoms with Gasteiger partial charge in [-0.05, 0) is 70.4 Å². The number of ether oxygens (including phenoxy) is 1. The highest BCUT2D eigenvalue weighted by Crippen LogP contribution is 2.38. The molecule has 0 saturated carbocycles. The fourth-order valence-electron chi connectivity index (χ4n) is 5.60. The van der Waals surface area contributed by atoms with Gasteiger partial charge in [0.05, 0.1) is 16.9 Å². The highest BCUT2D eigenvalue weighted by Gasteiger charge is 2.32. The van der Waals surface area contributed by atoms with Crippen molar-refractivity contribution in [2.24, 2.45) is 0 Å². The standard InChI is InChI=1S/C33H37BrFN5O3/c1-19(2)28-29(20(3)12-13-36-28)40-27-17-23(22-10-8-9-11-26(22)35)25(34)16-24(27)30(37-31(40)41)39-15-14-38(18-21(39)4)32(42)43-33(5,6)7/h8-13,16-17,19,21H,14-15,18H2,1-7H3/t21-/m0/s1. The van der Waals surface area contributed by atoms with Crippen LogP contribution >= 0.6 is 15.9 Å². The molecule has 1 fully saturated rings. The van der Waals surface area contributed by atoms with Crippen LogP contribution in [0.1, 0.15) is 58.7 Å². The van der Waals surface area contributed by atoms with Gasteiger partial charge in [-0.15, -0.1) is 0 Å². The highest BCUT2D eigenvalue weighted by atomic mass is 79.9. The fourth-order valence-corrected chi connectivity index (χ4v) is 6.16. The molecule has 8 nitrogen and oxygen atoms in total. The average Bonchev–Trinajstić information content (AvgIpc) is 2.92. The van der Waals surface area contributed by atoms with Gasteiger partial charge in [-0.2, -0.15) is 4.98 Å². The van der Waals surface area contributed by atoms with Crippen molar-refractivity contribution < 1.29 is 13.9 Å². The molecule has 3 heterocycles. The Morgan fingerprint density at radius 1 is 1.12 bits per heavy atom. The van der Waals surface area contributed by atoms with Gasteiger partial charge >= 0.3 is 11.8 Å². The second kappa shape index (κ2) is 11.7. The van der Waals surface area contributed by atoms with Gasteiger partial charge in [0, 0.05) is 52.9 Å². The number of aromatic nitrogens is 3. The molecule has 2 aromatic carbocycles. The predicted octanol–water partition coefficient (Wildman–Crippen LogP) is 7.23. The minimum absolute atomic E-state index is 0.0407. The van der Waals surface area contributed by atoms with Gasteiger partial charge in [0.1, 0.15) is 17.2 Å². The van der Waals surface area contributed by atoms with E-state index in [4.69, 9.17) is 4.74 Å². The molecule has 0 aliphatic carbocycles. The van der Waals surface area contributed by atoms with Crippen LogP contribution in [0.3, 0.4) is 0 Å². The number of nitrogens with zero attached hydrogens (tertiary/aromatic N) is 5. The number of benzene rings is 2. The maximum atomic E-state index is 15.1. The molecule has 4 aromatic rings. The lowest BCUT2D eigenvalue weighted by Crippen LogP contribution is -2.55. The van der Waals surface area contributed by atoms with Crippen molar-refractivity contribution >= 4 is 38.7 Å². The molecule has 226 valence electrons. The molecule has 0 N–H and O–H groups in total. The first-order valence-corrected chi connectivity index (χ1v) is 15.3. The summed E-state index contributed by atoms with van der Waals surface area (Å²) in [5, 5.41) is 0.724. The Hall–Kier alpha value is -3.79. The van der Waals surface area contributed by atoms with Crippen molar-refractivity contribution in [2.75, 3.05) is 24.5 Å². The summed E-state index contributed by atoms with van der Waals surface area (Å²) >= 11 is 3.69. The number of anilines is 1. The Labute approximate surface area is 259 Å². The summed E-state index contributed by atoms with van der Waals surface area (Å²) in [4.78, 5) is 39.9. The largest absolute Gasteiger partial charge is 0.444 e. The van der Waals surface area contributed by atoms with E-state index in [1.807, 2.05) is 66.7 Å². The van der Waals surface area contributed by atoms with E-state index in [2.05, 4.69) is 30.8 Å². The summed E-state index contributed by atoms with van der Waals surface area (Å²) in [6, 6.07) is 12.1. The summed E-state index contributed by atoms with van der Waals surface area (Å²) in [6.45, 7) is 14.8. The number of hydrogen-bond donors (Lipinski definition) is 0. The number of aryl methyl sites for hydroxylation is 1. The molecule has 1 aliphatic rings. The van der Waals surface area contributed by atoms with Crippen LogP contribution < -0.4 is 10.6 Å². The van der Waals surface area contributed by atoms with Crippen molar-refractivity contribution in [3.63, 3.8) is 0 Å². The number of hydrogen-bond acceptors (Lipinski definition) is 6. The van der Waals surface area contributed by atoms with E-state index < -0.39 is 11.3 Å². The smallest absolute Gasteiger partial charge is 0.410 e. The van der Waals surface area contributed by atoms with E-state index in [0.29, 0.717) is 52.3 Å². The quantitative estimate of drug-likeness (QED) is 0.232. The van der Waals surface area contributed by atoms with Crippen LogP contribution in [0, 0.1) is 12.7 Å². The molecular formula is C33H37BrFN5O3. The molecule has 5 rings (SSSR count). The normalized spacial score (nSPS) is 15.8. The number of fused-ring (bicyclic) bond motifs is 1. The van der Waals surface area contributed by atoms with Crippen molar-refractivity contribution in [3.05, 3.63) is 80.7 Å². The molecule has 1 amide bonds. The Morgan fingerprint density at radius 3 is 2.49 bits per heavy atom. The molecule has 0 bridgehead atoms. The van der Waals surface area contributed by atoms with E-state index in [1.54, 1.807) is 33.9 Å². The van der Waals surface area contributed by atoms with Crippen molar-refractivity contribution in [2.45, 2.75) is 66.0 Å². The van der Waals surface area contributed by atoms with Crippen LogP contribution in [0.2, 0.25) is 0 Å². The molecule has 10 heteroatoms. The van der Waals surface area contributed by atoms with Crippen LogP contribution in [0.5, 0.6) is 0 Å². The van der Waals surface area contributed by atoms with Crippen LogP contribution in [0.15, 0.2) is 57.9 Å². The summed E-state index contributed by atoms with van der Waals surface area (Å²) in [5.74, 6) is 0.193. The first-order valence-electron chi connectivity index (χ1n) is 14.5. The summed E-state index contributed by atoms with van der Waals surface area (Å²) in [7, 11) is 0. The Kier molecular flexibility index (Phi) is 8.35. The zero-order valence-corrected chi connectivity index (χ0v) is 27.2. The molecule has 1 aliphatic heterocycles. The molecule has 0 radical (unpaired) electrons. The number of pyridine rings is 1. The molecule has 43 heavy (non-hydrogen) atoms. The zero-order chi connectivity index (χ0) is 31.2. The third-order valence-electron chi connectivity index (χ3n) is 7.60. The van der Waals surface area contributed by atoms with Crippen molar-refractivity contribution in [3.8, 4) is 16.8 Å². The summed E-state index contributed by atoms with van der Waals surface area (Å²) in [5.41, 5.74) is 2.91. The number of amides is 1. The van der Waals surface area contributed by atoms with Crippen molar-refractivity contribution in [1.82, 2.24) is 19.4 Å². The SMILES string of the molecule is Cc1ccnc(C(C)C)c1-n1c(=O)nc(N2CCN(C(=O)OC(C)(C)C)C[C@@H]2C)c2cc(Br)c(-c3ccccc3F)cc21. The third-order valence-corrected chi connectivity index (χ3v) is 8.26. The lowest BCUT2D eigenvalue weighted by molar-refractivity contribution is 0.0218. The van der Waals surface area contributed by atoms with Gasteiger partial charge < -0.3 is 14.5 Å². The van der Waals surface area contributed by atoms with Gasteiger partial charge in [-0.3, -0.25) is 9.55 Å². The van der Waals surface area contributed by atoms with Crippen LogP contribution in [-0.4, -0.2) is 56.8 Å². The Morgan fingerprint density at radius 2 is 1.84 bits per heavy atom. The molecule has 1 atom stereocenters. The van der Waals surface area contributed by atoms with Gasteiger partial charge in [0.15, 0.2) is 0 Å². The number of carbonyl (C=O) groups excluding carboxylic acids is 1. The zero-order valence-electron chi connectivity index (χ0n) is 25.6. The van der Waals surface area contributed by atoms with Crippen LogP contribution in [0.4, 0.5) is 15.0 Å². The van der Waals surface area contributed by atoms with Crippen LogP contribution in [-0.2, 0) is 4.74 Å². The van der Waals surface area contributed by atoms with Crippen LogP contribution in [0.25, 0.3) is 27.7 Å². The monoisotopic (exact) mass is 649 g/mol. The summed E-state index contributed by atoms with van der Waals surface area (Å²) in [6.07, 6.45) is 1.38. The van der Waals surface area contributed by atoms with Gasteiger partial charge in [0.25, 0.3) is 0 Å². The molecule has 0 spiro atoms. The Balaban J connectivity index is 1.72. The fraction of sp³-hybridized carbons (Fsp3) is 0.394. The molecule has 0 unspecified atom stereocenters. The maximum absolute atomic E-state index is 15.1. The van der Waals surface area contributed by atoms with Gasteiger partial charge in [-0.25, -0.2) is 14.0 Å². The van der Waals surface area contributed by atoms with E-state index in [1.165, 1.54) is 6.07 Å². The topological polar surface area (TPSA) is 80.6 Å². The minimum atomic E-state index is -0.596. The number of carbonyl (C=O) groups is 1. The number of piperazine rings is 1. The number of halogens is 2. The first kappa shape index (κ1) is 30.7. The van der Waals surface area contributed by atoms with E-state index in [-0.39, 0.29) is 23.9 Å². The van der Waals surface area contributed by atoms with E-state index in [9.17, 15) is 9.59 Å². The second-order valence-electron chi connectivity index (χ2n) is 12.4. The first-order chi connectivity index (χ1) is 20.3. The van der Waals surface area contributed by atoms with E-state index in [0.717, 1.165) is 16.6 Å². The van der Waals surface area contributed by atoms with E-state index >= 15 is 4.39 Å². The molecular weight excluding hydrogens is 613 g/mol. The Bertz CT molecular complexity index is 1760. The van der Waals surface area contributed by atoms with Crippen molar-refractivity contribution in [1.29, 1.82) is 0 Å². The lowest BCUT2D eigenvalue weighted by Gasteiger charge is -2.41. The molecule has 2 aromatic heterocycles. The third kappa shape index (κ3) is 6.02. The predicted molar refractivity (Wildman–Crippen MR) is 172 cm³/mol. The average molecular weight is 651 g/mol. The van der Waals surface area contributed by atoms with Gasteiger partial charge in [-0.1, -0.05) is 48.0 Å². The summed E-state index contributed by atoms with van der Waals surface area (Å²) < 4.78 is 22.9. The van der Waals surface area contributed by atoms with Gasteiger partial charge in [0.2, 0.25) is 0 Å². The maximum Gasteiger partial charge on any atom is 0.410 e. The lowest BCUT2D eigenvalue weighted by atomic mass is 10.0. The minimum Gasteiger partial charge on any atom is -0.444 e.